The van der Waals surface area contributed by atoms with Crippen molar-refractivity contribution in [2.75, 3.05) is 20.3 Å². The second-order valence-corrected chi connectivity index (χ2v) is 9.87. The third-order valence-corrected chi connectivity index (χ3v) is 7.25. The van der Waals surface area contributed by atoms with E-state index in [1.807, 2.05) is 30.0 Å². The third-order valence-electron chi connectivity index (χ3n) is 6.08. The van der Waals surface area contributed by atoms with Crippen LogP contribution < -0.4 is 10.1 Å². The molecule has 190 valence electrons. The van der Waals surface area contributed by atoms with Gasteiger partial charge in [-0.2, -0.15) is 4.37 Å². The number of piperidine rings is 1. The lowest BCUT2D eigenvalue weighted by Crippen LogP contribution is -2.37. The van der Waals surface area contributed by atoms with Gasteiger partial charge in [-0.3, -0.25) is 4.79 Å². The zero-order chi connectivity index (χ0) is 25.7. The van der Waals surface area contributed by atoms with Crippen molar-refractivity contribution in [3.63, 3.8) is 0 Å². The van der Waals surface area contributed by atoms with Gasteiger partial charge in [0.15, 0.2) is 0 Å². The van der Waals surface area contributed by atoms with Crippen LogP contribution in [0.25, 0.3) is 10.4 Å². The number of carbonyl (C=O) groups excluding carboxylic acids is 2. The topological polar surface area (TPSA) is 101 Å². The summed E-state index contributed by atoms with van der Waals surface area (Å²) in [6.07, 6.45) is 3.42. The van der Waals surface area contributed by atoms with Gasteiger partial charge in [0.05, 0.1) is 29.3 Å². The van der Waals surface area contributed by atoms with Gasteiger partial charge in [-0.1, -0.05) is 23.7 Å². The minimum absolute atomic E-state index is 0.00564. The maximum atomic E-state index is 12.5. The number of fused-ring (bicyclic) bond motifs is 1. The Morgan fingerprint density at radius 2 is 2.06 bits per heavy atom. The number of halogens is 1. The van der Waals surface area contributed by atoms with Gasteiger partial charge in [-0.05, 0) is 73.6 Å². The Kier molecular flexibility index (Phi) is 8.32. The summed E-state index contributed by atoms with van der Waals surface area (Å²) < 4.78 is 14.5. The minimum atomic E-state index is -0.334. The number of rotatable bonds is 5. The first-order valence-corrected chi connectivity index (χ1v) is 12.8. The number of phenols is 1. The molecular weight excluding hydrogens is 502 g/mol. The van der Waals surface area contributed by atoms with Crippen molar-refractivity contribution in [3.8, 4) is 21.9 Å². The normalized spacial score (nSPS) is 16.5. The van der Waals surface area contributed by atoms with Crippen molar-refractivity contribution in [2.45, 2.75) is 38.8 Å². The highest BCUT2D eigenvalue weighted by molar-refractivity contribution is 7.09. The Hall–Kier alpha value is -3.30. The molecule has 2 aliphatic rings. The molecule has 0 aliphatic carbocycles. The number of aromatic hydroxyl groups is 1. The molecule has 2 fully saturated rings. The predicted octanol–water partition coefficient (Wildman–Crippen LogP) is 5.41. The lowest BCUT2D eigenvalue weighted by Gasteiger charge is -2.25. The molecule has 2 aromatic carbocycles. The molecule has 0 saturated carbocycles. The largest absolute Gasteiger partial charge is 0.507 e. The van der Waals surface area contributed by atoms with E-state index in [1.165, 1.54) is 31.1 Å². The van der Waals surface area contributed by atoms with Crippen molar-refractivity contribution in [2.24, 2.45) is 0 Å². The predicted molar refractivity (Wildman–Crippen MR) is 139 cm³/mol. The van der Waals surface area contributed by atoms with Crippen molar-refractivity contribution in [1.29, 1.82) is 0 Å². The smallest absolute Gasteiger partial charge is 0.410 e. The SMILES string of the molecule is COc1cc(-c2cc(C)ns2)c(O)cc1C(=O)NCc1ccc(Cl)cc1.O=C1OCC2CCCCN12. The quantitative estimate of drug-likeness (QED) is 0.458. The van der Waals surface area contributed by atoms with Gasteiger partial charge in [0.1, 0.15) is 18.1 Å². The molecule has 2 aliphatic heterocycles. The molecule has 5 rings (SSSR count). The number of hydrogen-bond acceptors (Lipinski definition) is 7. The Balaban J connectivity index is 0.000000251. The van der Waals surface area contributed by atoms with Crippen molar-refractivity contribution < 1.29 is 24.2 Å². The van der Waals surface area contributed by atoms with Gasteiger partial charge in [0.25, 0.3) is 5.91 Å². The number of aromatic nitrogens is 1. The number of benzene rings is 2. The molecule has 1 atom stereocenters. The van der Waals surface area contributed by atoms with Crippen LogP contribution in [0.15, 0.2) is 42.5 Å². The highest BCUT2D eigenvalue weighted by Gasteiger charge is 2.34. The van der Waals surface area contributed by atoms with Gasteiger partial charge >= 0.3 is 6.09 Å². The van der Waals surface area contributed by atoms with E-state index in [9.17, 15) is 14.7 Å². The number of amides is 2. The van der Waals surface area contributed by atoms with E-state index >= 15 is 0 Å². The summed E-state index contributed by atoms with van der Waals surface area (Å²) in [4.78, 5) is 26.1. The summed E-state index contributed by atoms with van der Waals surface area (Å²) in [6, 6.07) is 12.6. The van der Waals surface area contributed by atoms with Crippen molar-refractivity contribution in [3.05, 3.63) is 64.3 Å². The maximum Gasteiger partial charge on any atom is 0.410 e. The first-order valence-electron chi connectivity index (χ1n) is 11.7. The molecular formula is C26H28ClN3O5S. The van der Waals surface area contributed by atoms with Gasteiger partial charge in [0, 0.05) is 23.7 Å². The molecule has 8 nitrogen and oxygen atoms in total. The van der Waals surface area contributed by atoms with Crippen molar-refractivity contribution in [1.82, 2.24) is 14.6 Å². The molecule has 1 aromatic heterocycles. The summed E-state index contributed by atoms with van der Waals surface area (Å²) in [5.74, 6) is 0.0580. The minimum Gasteiger partial charge on any atom is -0.507 e. The van der Waals surface area contributed by atoms with Gasteiger partial charge in [0.2, 0.25) is 0 Å². The van der Waals surface area contributed by atoms with Crippen LogP contribution in [0.5, 0.6) is 11.5 Å². The standard InChI is InChI=1S/C19H17ClN2O3S.C7H11NO2/c1-11-7-18(26-22-11)14-9-17(25-2)15(8-16(14)23)19(24)21-10-12-3-5-13(20)6-4-12;9-7-8-4-2-1-3-6(8)5-10-7/h3-9,23H,10H2,1-2H3,(H,21,24);6H,1-5H2. The number of nitrogens with zero attached hydrogens (tertiary/aromatic N) is 2. The van der Waals surface area contributed by atoms with E-state index in [-0.39, 0.29) is 23.3 Å². The third kappa shape index (κ3) is 6.09. The monoisotopic (exact) mass is 529 g/mol. The van der Waals surface area contributed by atoms with E-state index in [2.05, 4.69) is 9.69 Å². The summed E-state index contributed by atoms with van der Waals surface area (Å²) in [5, 5.41) is 13.8. The zero-order valence-corrected chi connectivity index (χ0v) is 21.7. The number of carbonyl (C=O) groups is 2. The Labute approximate surface area is 219 Å². The number of phenolic OH excluding ortho intramolecular Hbond substituents is 1. The first-order chi connectivity index (χ1) is 17.4. The van der Waals surface area contributed by atoms with Crippen LogP contribution in [-0.4, -0.2) is 52.7 Å². The first kappa shape index (κ1) is 25.8. The molecule has 3 heterocycles. The van der Waals surface area contributed by atoms with Crippen LogP contribution in [0.1, 0.15) is 40.9 Å². The van der Waals surface area contributed by atoms with Crippen LogP contribution in [0.2, 0.25) is 5.02 Å². The van der Waals surface area contributed by atoms with E-state index < -0.39 is 0 Å². The molecule has 0 radical (unpaired) electrons. The Morgan fingerprint density at radius 3 is 2.72 bits per heavy atom. The molecule has 2 amide bonds. The number of aryl methyl sites for hydroxylation is 1. The second kappa shape index (κ2) is 11.6. The molecule has 0 spiro atoms. The zero-order valence-electron chi connectivity index (χ0n) is 20.1. The Morgan fingerprint density at radius 1 is 1.28 bits per heavy atom. The molecule has 0 bridgehead atoms. The number of methoxy groups -OCH3 is 1. The summed E-state index contributed by atoms with van der Waals surface area (Å²) in [5.41, 5.74) is 2.64. The van der Waals surface area contributed by atoms with E-state index in [1.54, 1.807) is 18.2 Å². The van der Waals surface area contributed by atoms with Gasteiger partial charge in [-0.15, -0.1) is 0 Å². The molecule has 36 heavy (non-hydrogen) atoms. The highest BCUT2D eigenvalue weighted by atomic mass is 35.5. The van der Waals surface area contributed by atoms with Crippen LogP contribution >= 0.6 is 23.1 Å². The van der Waals surface area contributed by atoms with Gasteiger partial charge in [-0.25, -0.2) is 4.79 Å². The van der Waals surface area contributed by atoms with Crippen LogP contribution in [-0.2, 0) is 11.3 Å². The summed E-state index contributed by atoms with van der Waals surface area (Å²) >= 11 is 7.14. The fourth-order valence-electron chi connectivity index (χ4n) is 4.15. The van der Waals surface area contributed by atoms with Crippen LogP contribution in [0, 0.1) is 6.92 Å². The fraction of sp³-hybridized carbons (Fsp3) is 0.346. The molecule has 3 aromatic rings. The van der Waals surface area contributed by atoms with Crippen LogP contribution in [0.4, 0.5) is 4.79 Å². The number of nitrogens with one attached hydrogen (secondary N) is 1. The average Bonchev–Trinajstić information content (AvgIpc) is 3.49. The van der Waals surface area contributed by atoms with E-state index in [0.717, 1.165) is 35.5 Å². The number of ether oxygens (including phenoxy) is 2. The highest BCUT2D eigenvalue weighted by Crippen LogP contribution is 2.37. The molecule has 2 saturated heterocycles. The lowest BCUT2D eigenvalue weighted by atomic mass is 10.0. The van der Waals surface area contributed by atoms with Crippen molar-refractivity contribution >= 4 is 35.1 Å². The fourth-order valence-corrected chi connectivity index (χ4v) is 5.05. The summed E-state index contributed by atoms with van der Waals surface area (Å²) in [7, 11) is 1.49. The van der Waals surface area contributed by atoms with Gasteiger partial charge < -0.3 is 24.8 Å². The second-order valence-electron chi connectivity index (χ2n) is 8.63. The molecule has 10 heteroatoms. The van der Waals surface area contributed by atoms with Crippen LogP contribution in [0.3, 0.4) is 0 Å². The Bertz CT molecular complexity index is 1230. The molecule has 2 N–H and O–H groups in total. The number of hydrogen-bond donors (Lipinski definition) is 2. The number of cyclic esters (lactones) is 1. The maximum absolute atomic E-state index is 12.5. The average molecular weight is 530 g/mol. The lowest BCUT2D eigenvalue weighted by molar-refractivity contribution is 0.0947. The molecule has 1 unspecified atom stereocenters. The summed E-state index contributed by atoms with van der Waals surface area (Å²) in [6.45, 7) is 3.75. The van der Waals surface area contributed by atoms with E-state index in [0.29, 0.717) is 35.5 Å². The van der Waals surface area contributed by atoms with E-state index in [4.69, 9.17) is 21.1 Å².